The van der Waals surface area contributed by atoms with Crippen molar-refractivity contribution in [1.29, 1.82) is 0 Å². The van der Waals surface area contributed by atoms with Crippen molar-refractivity contribution in [2.24, 2.45) is 5.41 Å². The maximum atomic E-state index is 13.3. The van der Waals surface area contributed by atoms with E-state index in [0.717, 1.165) is 18.7 Å². The number of methoxy groups -OCH3 is 1. The minimum atomic E-state index is -0.867. The van der Waals surface area contributed by atoms with Crippen molar-refractivity contribution < 1.29 is 24.1 Å². The molecule has 0 unspecified atom stereocenters. The maximum absolute atomic E-state index is 13.3. The molecule has 7 heteroatoms. The number of carbonyl (C=O) groups is 1. The van der Waals surface area contributed by atoms with Crippen LogP contribution in [0.5, 0.6) is 0 Å². The van der Waals surface area contributed by atoms with Gasteiger partial charge in [-0.2, -0.15) is 0 Å². The molecule has 0 spiro atoms. The first-order valence-electron chi connectivity index (χ1n) is 9.53. The minimum Gasteiger partial charge on any atom is -0.396 e. The van der Waals surface area contributed by atoms with Crippen LogP contribution in [-0.2, 0) is 16.0 Å². The first-order valence-corrected chi connectivity index (χ1v) is 9.53. The standard InChI is InChI=1S/C20H29FN2O4/c1-27-20(7-9-22-10-8-20)18(26)23-11-6-17(25)19(13-23,14-24)12-15-2-4-16(21)5-3-15/h2-5,17,22,24-25H,6-14H2,1H3/t17-,19-/m0/s1. The number of nitrogens with one attached hydrogen (secondary N) is 1. The largest absolute Gasteiger partial charge is 0.396 e. The first-order chi connectivity index (χ1) is 12.9. The number of aliphatic hydroxyl groups is 2. The summed E-state index contributed by atoms with van der Waals surface area (Å²) in [6, 6.07) is 6.05. The average molecular weight is 380 g/mol. The van der Waals surface area contributed by atoms with Crippen LogP contribution < -0.4 is 5.32 Å². The van der Waals surface area contributed by atoms with Crippen molar-refractivity contribution in [3.8, 4) is 0 Å². The van der Waals surface area contributed by atoms with Gasteiger partial charge in [-0.3, -0.25) is 4.79 Å². The Morgan fingerprint density at radius 2 is 2.00 bits per heavy atom. The van der Waals surface area contributed by atoms with Crippen LogP contribution in [0.1, 0.15) is 24.8 Å². The number of nitrogens with zero attached hydrogens (tertiary/aromatic N) is 1. The molecule has 27 heavy (non-hydrogen) atoms. The Kier molecular flexibility index (Phi) is 6.15. The molecule has 6 nitrogen and oxygen atoms in total. The van der Waals surface area contributed by atoms with E-state index >= 15 is 0 Å². The van der Waals surface area contributed by atoms with Gasteiger partial charge in [0, 0.05) is 25.6 Å². The third kappa shape index (κ3) is 4.01. The zero-order chi connectivity index (χ0) is 19.5. The van der Waals surface area contributed by atoms with Gasteiger partial charge >= 0.3 is 0 Å². The van der Waals surface area contributed by atoms with Crippen LogP contribution in [0.2, 0.25) is 0 Å². The molecule has 0 aromatic heterocycles. The minimum absolute atomic E-state index is 0.0738. The Hall–Kier alpha value is -1.54. The van der Waals surface area contributed by atoms with Gasteiger partial charge in [-0.05, 0) is 56.5 Å². The Balaban J connectivity index is 1.80. The van der Waals surface area contributed by atoms with Crippen molar-refractivity contribution in [3.63, 3.8) is 0 Å². The molecule has 1 aromatic rings. The fourth-order valence-electron chi connectivity index (χ4n) is 4.34. The number of hydrogen-bond acceptors (Lipinski definition) is 5. The van der Waals surface area contributed by atoms with Gasteiger partial charge in [0.25, 0.3) is 5.91 Å². The average Bonchev–Trinajstić information content (AvgIpc) is 2.71. The number of amides is 1. The van der Waals surface area contributed by atoms with Crippen molar-refractivity contribution in [3.05, 3.63) is 35.6 Å². The third-order valence-electron chi connectivity index (χ3n) is 6.15. The summed E-state index contributed by atoms with van der Waals surface area (Å²) in [6.07, 6.45) is 1.24. The van der Waals surface area contributed by atoms with Crippen molar-refractivity contribution >= 4 is 5.91 Å². The number of aliphatic hydroxyl groups excluding tert-OH is 2. The molecular formula is C20H29FN2O4. The summed E-state index contributed by atoms with van der Waals surface area (Å²) in [5, 5.41) is 24.0. The molecule has 3 N–H and O–H groups in total. The van der Waals surface area contributed by atoms with Crippen LogP contribution in [0.15, 0.2) is 24.3 Å². The molecule has 2 aliphatic heterocycles. The fraction of sp³-hybridized carbons (Fsp3) is 0.650. The van der Waals surface area contributed by atoms with Gasteiger partial charge in [0.1, 0.15) is 11.4 Å². The van der Waals surface area contributed by atoms with Gasteiger partial charge in [0.15, 0.2) is 0 Å². The number of likely N-dealkylation sites (tertiary alicyclic amines) is 1. The molecule has 0 bridgehead atoms. The second-order valence-electron chi connectivity index (χ2n) is 7.80. The molecule has 1 aromatic carbocycles. The molecule has 0 aliphatic carbocycles. The normalized spacial score (nSPS) is 28.1. The molecule has 3 rings (SSSR count). The zero-order valence-corrected chi connectivity index (χ0v) is 15.8. The zero-order valence-electron chi connectivity index (χ0n) is 15.8. The number of ether oxygens (including phenoxy) is 1. The van der Waals surface area contributed by atoms with E-state index in [-0.39, 0.29) is 24.9 Å². The predicted molar refractivity (Wildman–Crippen MR) is 98.7 cm³/mol. The number of halogens is 1. The predicted octanol–water partition coefficient (Wildman–Crippen LogP) is 0.709. The highest BCUT2D eigenvalue weighted by atomic mass is 19.1. The third-order valence-corrected chi connectivity index (χ3v) is 6.15. The second kappa shape index (κ2) is 8.22. The molecule has 2 fully saturated rings. The molecule has 1 amide bonds. The van der Waals surface area contributed by atoms with Crippen LogP contribution in [0.4, 0.5) is 4.39 Å². The lowest BCUT2D eigenvalue weighted by Crippen LogP contribution is -2.62. The van der Waals surface area contributed by atoms with E-state index in [0.29, 0.717) is 32.2 Å². The number of piperidine rings is 2. The number of carbonyl (C=O) groups excluding carboxylic acids is 1. The number of benzene rings is 1. The number of hydrogen-bond donors (Lipinski definition) is 3. The Morgan fingerprint density at radius 1 is 1.33 bits per heavy atom. The molecule has 2 saturated heterocycles. The first kappa shape index (κ1) is 20.2. The number of rotatable bonds is 5. The van der Waals surface area contributed by atoms with Gasteiger partial charge < -0.3 is 25.2 Å². The molecule has 2 atom stereocenters. The second-order valence-corrected chi connectivity index (χ2v) is 7.80. The molecule has 150 valence electrons. The Labute approximate surface area is 159 Å². The van der Waals surface area contributed by atoms with E-state index in [1.807, 2.05) is 0 Å². The van der Waals surface area contributed by atoms with E-state index < -0.39 is 17.1 Å². The van der Waals surface area contributed by atoms with Crippen LogP contribution in [0.3, 0.4) is 0 Å². The highest BCUT2D eigenvalue weighted by Crippen LogP contribution is 2.36. The maximum Gasteiger partial charge on any atom is 0.254 e. The monoisotopic (exact) mass is 380 g/mol. The van der Waals surface area contributed by atoms with Gasteiger partial charge in [-0.25, -0.2) is 4.39 Å². The van der Waals surface area contributed by atoms with Crippen LogP contribution in [-0.4, -0.2) is 72.6 Å². The van der Waals surface area contributed by atoms with Gasteiger partial charge in [-0.1, -0.05) is 12.1 Å². The van der Waals surface area contributed by atoms with Crippen molar-refractivity contribution in [2.75, 3.05) is 39.9 Å². The molecular weight excluding hydrogens is 351 g/mol. The quantitative estimate of drug-likeness (QED) is 0.701. The molecule has 2 aliphatic rings. The Bertz CT molecular complexity index is 648. The van der Waals surface area contributed by atoms with Crippen molar-refractivity contribution in [2.45, 2.75) is 37.4 Å². The van der Waals surface area contributed by atoms with Crippen molar-refractivity contribution in [1.82, 2.24) is 10.2 Å². The van der Waals surface area contributed by atoms with Gasteiger partial charge in [0.05, 0.1) is 12.7 Å². The summed E-state index contributed by atoms with van der Waals surface area (Å²) < 4.78 is 18.9. The van der Waals surface area contributed by atoms with Gasteiger partial charge in [-0.15, -0.1) is 0 Å². The van der Waals surface area contributed by atoms with E-state index in [4.69, 9.17) is 4.74 Å². The topological polar surface area (TPSA) is 82.0 Å². The lowest BCUT2D eigenvalue weighted by atomic mass is 9.73. The van der Waals surface area contributed by atoms with E-state index in [2.05, 4.69) is 5.32 Å². The van der Waals surface area contributed by atoms with Crippen LogP contribution in [0.25, 0.3) is 0 Å². The summed E-state index contributed by atoms with van der Waals surface area (Å²) in [5.74, 6) is -0.402. The highest BCUT2D eigenvalue weighted by molar-refractivity contribution is 5.85. The molecule has 0 saturated carbocycles. The van der Waals surface area contributed by atoms with Gasteiger partial charge in [0.2, 0.25) is 0 Å². The summed E-state index contributed by atoms with van der Waals surface area (Å²) in [4.78, 5) is 15.0. The lowest BCUT2D eigenvalue weighted by molar-refractivity contribution is -0.167. The fourth-order valence-corrected chi connectivity index (χ4v) is 4.34. The summed E-state index contributed by atoms with van der Waals surface area (Å²) in [5.41, 5.74) is -0.889. The molecule has 2 heterocycles. The summed E-state index contributed by atoms with van der Waals surface area (Å²) in [7, 11) is 1.57. The van der Waals surface area contributed by atoms with E-state index in [1.54, 1.807) is 24.1 Å². The van der Waals surface area contributed by atoms with E-state index in [9.17, 15) is 19.4 Å². The Morgan fingerprint density at radius 3 is 2.59 bits per heavy atom. The smallest absolute Gasteiger partial charge is 0.254 e. The molecule has 0 radical (unpaired) electrons. The van der Waals surface area contributed by atoms with Crippen LogP contribution >= 0.6 is 0 Å². The van der Waals surface area contributed by atoms with E-state index in [1.165, 1.54) is 12.1 Å². The van der Waals surface area contributed by atoms with Crippen LogP contribution in [0, 0.1) is 11.2 Å². The lowest BCUT2D eigenvalue weighted by Gasteiger charge is -2.48. The summed E-state index contributed by atoms with van der Waals surface area (Å²) >= 11 is 0. The summed E-state index contributed by atoms with van der Waals surface area (Å²) in [6.45, 7) is 1.87. The highest BCUT2D eigenvalue weighted by Gasteiger charge is 2.48. The SMILES string of the molecule is COC1(C(=O)N2CC[C@H](O)[C@@](CO)(Cc3ccc(F)cc3)C2)CCNCC1.